The Hall–Kier alpha value is -2.68. The average Bonchev–Trinajstić information content (AvgIpc) is 3.39. The number of halogens is 3. The van der Waals surface area contributed by atoms with E-state index in [2.05, 4.69) is 15.3 Å². The standard InChI is InChI=1S/C21H20F3N3O5S3/c1-11(25-12(2)29)19-20(34-18(9-28)27-19)16-10-33-17(26-16)8-14(30)7-13-3-5-15(6-4-13)35(31,32)21(22,23)24/h3-6,10-11,28H,7-9H2,1-2H3,(H,25,29). The van der Waals surface area contributed by atoms with Gasteiger partial charge in [-0.1, -0.05) is 12.1 Å². The summed E-state index contributed by atoms with van der Waals surface area (Å²) in [6.45, 7) is 2.86. The van der Waals surface area contributed by atoms with Gasteiger partial charge in [-0.3, -0.25) is 9.59 Å². The largest absolute Gasteiger partial charge is 0.501 e. The van der Waals surface area contributed by atoms with Gasteiger partial charge in [0.15, 0.2) is 0 Å². The second kappa shape index (κ2) is 10.5. The first-order valence-electron chi connectivity index (χ1n) is 10.1. The van der Waals surface area contributed by atoms with Crippen molar-refractivity contribution in [1.82, 2.24) is 15.3 Å². The van der Waals surface area contributed by atoms with E-state index >= 15 is 0 Å². The van der Waals surface area contributed by atoms with Crippen LogP contribution in [0, 0.1) is 0 Å². The summed E-state index contributed by atoms with van der Waals surface area (Å²) < 4.78 is 60.9. The Balaban J connectivity index is 1.72. The minimum absolute atomic E-state index is 0.0322. The maximum atomic E-state index is 12.7. The van der Waals surface area contributed by atoms with Crippen molar-refractivity contribution in [1.29, 1.82) is 0 Å². The van der Waals surface area contributed by atoms with E-state index in [1.807, 2.05) is 0 Å². The number of aliphatic hydroxyl groups is 1. The van der Waals surface area contributed by atoms with Crippen LogP contribution in [-0.4, -0.2) is 40.7 Å². The first kappa shape index (κ1) is 26.9. The first-order chi connectivity index (χ1) is 16.3. The molecule has 1 atom stereocenters. The SMILES string of the molecule is CC(=O)NC(C)c1nc(CO)sc1-c1csc(CC(=O)Cc2ccc(S(=O)(=O)C(F)(F)F)cc2)n1. The maximum absolute atomic E-state index is 12.7. The predicted molar refractivity (Wildman–Crippen MR) is 123 cm³/mol. The van der Waals surface area contributed by atoms with E-state index in [1.165, 1.54) is 41.7 Å². The molecule has 0 radical (unpaired) electrons. The number of benzene rings is 1. The van der Waals surface area contributed by atoms with Crippen molar-refractivity contribution >= 4 is 44.2 Å². The third-order valence-electron chi connectivity index (χ3n) is 4.74. The second-order valence-electron chi connectivity index (χ2n) is 7.51. The Morgan fingerprint density at radius 3 is 2.34 bits per heavy atom. The molecule has 1 aromatic carbocycles. The van der Waals surface area contributed by atoms with E-state index in [0.717, 1.165) is 12.1 Å². The van der Waals surface area contributed by atoms with Gasteiger partial charge in [0.25, 0.3) is 9.84 Å². The Kier molecular flexibility index (Phi) is 8.09. The second-order valence-corrected chi connectivity index (χ2v) is 11.5. The van der Waals surface area contributed by atoms with Crippen molar-refractivity contribution in [3.8, 4) is 10.6 Å². The number of rotatable bonds is 9. The van der Waals surface area contributed by atoms with Gasteiger partial charge >= 0.3 is 5.51 Å². The number of carbonyl (C=O) groups excluding carboxylic acids is 2. The Morgan fingerprint density at radius 2 is 1.77 bits per heavy atom. The molecule has 0 saturated carbocycles. The zero-order valence-corrected chi connectivity index (χ0v) is 20.9. The number of amides is 1. The number of ketones is 1. The van der Waals surface area contributed by atoms with Gasteiger partial charge < -0.3 is 10.4 Å². The van der Waals surface area contributed by atoms with Gasteiger partial charge in [-0.2, -0.15) is 13.2 Å². The van der Waals surface area contributed by atoms with Gasteiger partial charge in [0.2, 0.25) is 5.91 Å². The molecule has 2 N–H and O–H groups in total. The number of alkyl halides is 3. The van der Waals surface area contributed by atoms with Crippen LogP contribution in [0.3, 0.4) is 0 Å². The molecule has 0 spiro atoms. The van der Waals surface area contributed by atoms with Gasteiger partial charge in [-0.25, -0.2) is 18.4 Å². The Morgan fingerprint density at radius 1 is 1.11 bits per heavy atom. The monoisotopic (exact) mass is 547 g/mol. The van der Waals surface area contributed by atoms with Crippen LogP contribution in [0.15, 0.2) is 34.5 Å². The number of Topliss-reactive ketones (excluding diaryl/α,β-unsaturated/α-hetero) is 1. The van der Waals surface area contributed by atoms with E-state index in [1.54, 1.807) is 12.3 Å². The fraction of sp³-hybridized carbons (Fsp3) is 0.333. The van der Waals surface area contributed by atoms with Crippen molar-refractivity contribution in [3.63, 3.8) is 0 Å². The van der Waals surface area contributed by atoms with Crippen molar-refractivity contribution in [2.75, 3.05) is 0 Å². The maximum Gasteiger partial charge on any atom is 0.501 e. The minimum atomic E-state index is -5.45. The van der Waals surface area contributed by atoms with Crippen molar-refractivity contribution in [2.24, 2.45) is 0 Å². The van der Waals surface area contributed by atoms with Gasteiger partial charge in [0.1, 0.15) is 15.8 Å². The van der Waals surface area contributed by atoms with E-state index in [0.29, 0.717) is 31.8 Å². The lowest BCUT2D eigenvalue weighted by Crippen LogP contribution is -2.24. The third kappa shape index (κ3) is 6.31. The van der Waals surface area contributed by atoms with E-state index in [-0.39, 0.29) is 31.1 Å². The van der Waals surface area contributed by atoms with Gasteiger partial charge in [0, 0.05) is 18.7 Å². The number of sulfone groups is 1. The smallest absolute Gasteiger partial charge is 0.389 e. The summed E-state index contributed by atoms with van der Waals surface area (Å²) in [5, 5.41) is 14.9. The van der Waals surface area contributed by atoms with Crippen LogP contribution < -0.4 is 5.32 Å². The van der Waals surface area contributed by atoms with Gasteiger partial charge in [-0.15, -0.1) is 22.7 Å². The summed E-state index contributed by atoms with van der Waals surface area (Å²) in [5.74, 6) is -0.500. The van der Waals surface area contributed by atoms with Crippen molar-refractivity contribution in [2.45, 2.75) is 49.7 Å². The summed E-state index contributed by atoms with van der Waals surface area (Å²) in [5.41, 5.74) is -3.94. The molecule has 0 aliphatic rings. The molecule has 0 aliphatic heterocycles. The highest BCUT2D eigenvalue weighted by Crippen LogP contribution is 2.35. The summed E-state index contributed by atoms with van der Waals surface area (Å²) in [4.78, 5) is 32.5. The Labute approximate surface area is 206 Å². The summed E-state index contributed by atoms with van der Waals surface area (Å²) >= 11 is 2.46. The van der Waals surface area contributed by atoms with Crippen LogP contribution in [0.25, 0.3) is 10.6 Å². The molecule has 3 aromatic rings. The number of nitrogens with one attached hydrogen (secondary N) is 1. The fourth-order valence-electron chi connectivity index (χ4n) is 3.17. The van der Waals surface area contributed by atoms with Crippen LogP contribution in [0.2, 0.25) is 0 Å². The molecule has 2 heterocycles. The average molecular weight is 548 g/mol. The molecule has 14 heteroatoms. The van der Waals surface area contributed by atoms with E-state index in [4.69, 9.17) is 0 Å². The predicted octanol–water partition coefficient (Wildman–Crippen LogP) is 3.60. The number of thiazole rings is 2. The number of hydrogen-bond donors (Lipinski definition) is 2. The highest BCUT2D eigenvalue weighted by Gasteiger charge is 2.46. The summed E-state index contributed by atoms with van der Waals surface area (Å²) in [6, 6.07) is 3.58. The zero-order chi connectivity index (χ0) is 26.0. The van der Waals surface area contributed by atoms with Crippen LogP contribution >= 0.6 is 22.7 Å². The zero-order valence-electron chi connectivity index (χ0n) is 18.4. The molecular weight excluding hydrogens is 527 g/mol. The number of carbonyl (C=O) groups is 2. The van der Waals surface area contributed by atoms with Crippen LogP contribution in [0.1, 0.15) is 41.2 Å². The number of aliphatic hydroxyl groups excluding tert-OH is 1. The van der Waals surface area contributed by atoms with Crippen LogP contribution in [0.5, 0.6) is 0 Å². The molecule has 2 aromatic heterocycles. The number of aromatic nitrogens is 2. The number of hydrogen-bond acceptors (Lipinski definition) is 9. The molecule has 0 fully saturated rings. The van der Waals surface area contributed by atoms with Crippen LogP contribution in [-0.2, 0) is 38.9 Å². The van der Waals surface area contributed by atoms with Gasteiger partial charge in [0.05, 0.1) is 40.2 Å². The lowest BCUT2D eigenvalue weighted by atomic mass is 10.1. The molecule has 8 nitrogen and oxygen atoms in total. The van der Waals surface area contributed by atoms with E-state index in [9.17, 15) is 36.3 Å². The van der Waals surface area contributed by atoms with Crippen molar-refractivity contribution < 1.29 is 36.3 Å². The molecule has 188 valence electrons. The van der Waals surface area contributed by atoms with Crippen LogP contribution in [0.4, 0.5) is 13.2 Å². The third-order valence-corrected chi connectivity index (χ3v) is 8.16. The molecule has 0 bridgehead atoms. The van der Waals surface area contributed by atoms with Crippen molar-refractivity contribution in [3.05, 3.63) is 50.9 Å². The molecule has 1 unspecified atom stereocenters. The summed E-state index contributed by atoms with van der Waals surface area (Å²) in [6.07, 6.45) is -0.142. The van der Waals surface area contributed by atoms with Gasteiger partial charge in [-0.05, 0) is 24.6 Å². The molecule has 1 amide bonds. The molecule has 35 heavy (non-hydrogen) atoms. The van der Waals surface area contributed by atoms with E-state index < -0.39 is 26.3 Å². The topological polar surface area (TPSA) is 126 Å². The highest BCUT2D eigenvalue weighted by molar-refractivity contribution is 7.92. The quantitative estimate of drug-likeness (QED) is 0.419. The summed E-state index contributed by atoms with van der Waals surface area (Å²) in [7, 11) is -5.45. The Bertz CT molecular complexity index is 1330. The highest BCUT2D eigenvalue weighted by atomic mass is 32.2. The lowest BCUT2D eigenvalue weighted by Gasteiger charge is -2.11. The molecule has 0 aliphatic carbocycles. The first-order valence-corrected chi connectivity index (χ1v) is 13.2. The molecular formula is C21H20F3N3O5S3. The lowest BCUT2D eigenvalue weighted by molar-refractivity contribution is -0.119. The molecule has 0 saturated heterocycles. The minimum Gasteiger partial charge on any atom is -0.389 e. The normalized spacial score (nSPS) is 13.0. The number of nitrogens with zero attached hydrogens (tertiary/aromatic N) is 2. The fourth-order valence-corrected chi connectivity index (χ4v) is 5.80. The molecule has 3 rings (SSSR count).